The number of nitro benzene ring substituents is 1. The number of fused-ring (bicyclic) bond motifs is 1. The Morgan fingerprint density at radius 3 is 2.74 bits per heavy atom. The van der Waals surface area contributed by atoms with Crippen LogP contribution < -0.4 is 10.6 Å². The molecule has 1 aliphatic heterocycles. The highest BCUT2D eigenvalue weighted by atomic mass is 32.2. The zero-order valence-corrected chi connectivity index (χ0v) is 15.0. The first-order valence-corrected chi connectivity index (χ1v) is 8.89. The van der Waals surface area contributed by atoms with Crippen molar-refractivity contribution in [3.63, 3.8) is 0 Å². The molecule has 0 spiro atoms. The number of nitrogens with zero attached hydrogens (tertiary/aromatic N) is 1. The summed E-state index contributed by atoms with van der Waals surface area (Å²) >= 11 is 1.23. The summed E-state index contributed by atoms with van der Waals surface area (Å²) in [6.07, 6.45) is -0.226. The van der Waals surface area contributed by atoms with E-state index < -0.39 is 22.0 Å². The first-order chi connectivity index (χ1) is 12.8. The molecule has 0 saturated carbocycles. The van der Waals surface area contributed by atoms with E-state index in [1.54, 1.807) is 25.1 Å². The highest BCUT2D eigenvalue weighted by Crippen LogP contribution is 2.36. The van der Waals surface area contributed by atoms with Gasteiger partial charge in [-0.25, -0.2) is 0 Å². The Balaban J connectivity index is 1.69. The number of benzene rings is 2. The molecule has 9 heteroatoms. The Kier molecular flexibility index (Phi) is 5.22. The van der Waals surface area contributed by atoms with E-state index in [9.17, 15) is 24.5 Å². The number of aryl methyl sites for hydroxylation is 1. The molecule has 2 aromatic carbocycles. The normalized spacial score (nSPS) is 15.4. The third kappa shape index (κ3) is 4.14. The van der Waals surface area contributed by atoms with Crippen molar-refractivity contribution in [1.29, 1.82) is 0 Å². The Labute approximate surface area is 158 Å². The van der Waals surface area contributed by atoms with Crippen LogP contribution in [0.5, 0.6) is 0 Å². The molecule has 0 saturated heterocycles. The molecule has 0 aromatic heterocycles. The molecule has 1 atom stereocenters. The van der Waals surface area contributed by atoms with Crippen LogP contribution in [0, 0.1) is 17.0 Å². The summed E-state index contributed by atoms with van der Waals surface area (Å²) in [5.74, 6) is -1.88. The second-order valence-corrected chi connectivity index (χ2v) is 7.20. The molecular formula is C18H15N3O5S. The SMILES string of the molecule is Cc1ccc(C(=O)NC(=O)C[C@@H]2Sc3ccccc3NC2=O)c([N+](=O)[O-])c1. The summed E-state index contributed by atoms with van der Waals surface area (Å²) < 4.78 is 0. The van der Waals surface area contributed by atoms with Gasteiger partial charge in [-0.05, 0) is 30.7 Å². The van der Waals surface area contributed by atoms with Crippen LogP contribution in [0.15, 0.2) is 47.4 Å². The van der Waals surface area contributed by atoms with Crippen LogP contribution in [0.2, 0.25) is 0 Å². The fraction of sp³-hybridized carbons (Fsp3) is 0.167. The molecule has 3 amide bonds. The summed E-state index contributed by atoms with van der Waals surface area (Å²) in [7, 11) is 0. The number of carbonyl (C=O) groups is 3. The Bertz CT molecular complexity index is 960. The van der Waals surface area contributed by atoms with Crippen LogP contribution in [-0.2, 0) is 9.59 Å². The molecule has 0 unspecified atom stereocenters. The summed E-state index contributed by atoms with van der Waals surface area (Å²) in [4.78, 5) is 47.9. The van der Waals surface area contributed by atoms with E-state index >= 15 is 0 Å². The molecule has 27 heavy (non-hydrogen) atoms. The van der Waals surface area contributed by atoms with Gasteiger partial charge in [0.15, 0.2) is 0 Å². The number of hydrogen-bond donors (Lipinski definition) is 2. The van der Waals surface area contributed by atoms with Crippen molar-refractivity contribution < 1.29 is 19.3 Å². The number of para-hydroxylation sites is 1. The molecule has 0 radical (unpaired) electrons. The van der Waals surface area contributed by atoms with Gasteiger partial charge >= 0.3 is 0 Å². The standard InChI is InChI=1S/C18H15N3O5S/c1-10-6-7-11(13(8-10)21(25)26)17(23)20-16(22)9-15-18(24)19-12-4-2-3-5-14(12)27-15/h2-8,15H,9H2,1H3,(H,19,24)(H,20,22,23)/t15-/m0/s1. The number of hydrogen-bond acceptors (Lipinski definition) is 6. The summed E-state index contributed by atoms with van der Waals surface area (Å²) in [5.41, 5.74) is 0.720. The molecule has 1 aliphatic rings. The summed E-state index contributed by atoms with van der Waals surface area (Å²) in [5, 5.41) is 15.3. The van der Waals surface area contributed by atoms with Gasteiger partial charge in [0.1, 0.15) is 5.56 Å². The monoisotopic (exact) mass is 385 g/mol. The maximum Gasteiger partial charge on any atom is 0.282 e. The maximum absolute atomic E-state index is 12.3. The quantitative estimate of drug-likeness (QED) is 0.617. The third-order valence-electron chi connectivity index (χ3n) is 3.92. The number of nitro groups is 1. The van der Waals surface area contributed by atoms with E-state index in [2.05, 4.69) is 10.6 Å². The van der Waals surface area contributed by atoms with Crippen molar-refractivity contribution in [2.45, 2.75) is 23.5 Å². The van der Waals surface area contributed by atoms with Gasteiger partial charge in [-0.15, -0.1) is 11.8 Å². The Hall–Kier alpha value is -3.20. The highest BCUT2D eigenvalue weighted by Gasteiger charge is 2.30. The van der Waals surface area contributed by atoms with E-state index in [0.717, 1.165) is 4.90 Å². The molecule has 2 aromatic rings. The number of rotatable bonds is 4. The molecular weight excluding hydrogens is 370 g/mol. The molecule has 0 fully saturated rings. The van der Waals surface area contributed by atoms with Gasteiger partial charge in [0.25, 0.3) is 11.6 Å². The van der Waals surface area contributed by atoms with E-state index in [1.165, 1.54) is 23.9 Å². The van der Waals surface area contributed by atoms with Crippen molar-refractivity contribution >= 4 is 40.9 Å². The second-order valence-electron chi connectivity index (χ2n) is 5.95. The van der Waals surface area contributed by atoms with Crippen LogP contribution in [0.1, 0.15) is 22.3 Å². The second kappa shape index (κ2) is 7.58. The zero-order valence-electron chi connectivity index (χ0n) is 14.2. The number of carbonyl (C=O) groups excluding carboxylic acids is 3. The lowest BCUT2D eigenvalue weighted by molar-refractivity contribution is -0.385. The van der Waals surface area contributed by atoms with Gasteiger partial charge in [-0.1, -0.05) is 18.2 Å². The van der Waals surface area contributed by atoms with Gasteiger partial charge in [-0.2, -0.15) is 0 Å². The lowest BCUT2D eigenvalue weighted by atomic mass is 10.1. The van der Waals surface area contributed by atoms with Crippen molar-refractivity contribution in [1.82, 2.24) is 5.32 Å². The predicted octanol–water partition coefficient (Wildman–Crippen LogP) is 2.66. The molecule has 8 nitrogen and oxygen atoms in total. The van der Waals surface area contributed by atoms with E-state index in [1.807, 2.05) is 12.1 Å². The van der Waals surface area contributed by atoms with E-state index in [-0.39, 0.29) is 23.6 Å². The average Bonchev–Trinajstić information content (AvgIpc) is 2.62. The van der Waals surface area contributed by atoms with Gasteiger partial charge in [-0.3, -0.25) is 29.8 Å². The molecule has 3 rings (SSSR count). The molecule has 0 bridgehead atoms. The minimum absolute atomic E-state index is 0.204. The van der Waals surface area contributed by atoms with E-state index in [4.69, 9.17) is 0 Å². The van der Waals surface area contributed by atoms with Gasteiger partial charge < -0.3 is 5.32 Å². The lowest BCUT2D eigenvalue weighted by Gasteiger charge is -2.23. The zero-order chi connectivity index (χ0) is 19.6. The maximum atomic E-state index is 12.3. The number of thioether (sulfide) groups is 1. The number of amides is 3. The number of imide groups is 1. The van der Waals surface area contributed by atoms with Gasteiger partial charge in [0, 0.05) is 17.4 Å². The number of anilines is 1. The largest absolute Gasteiger partial charge is 0.324 e. The van der Waals surface area contributed by atoms with Crippen LogP contribution in [0.25, 0.3) is 0 Å². The molecule has 1 heterocycles. The highest BCUT2D eigenvalue weighted by molar-refractivity contribution is 8.01. The number of nitrogens with one attached hydrogen (secondary N) is 2. The first kappa shape index (κ1) is 18.6. The summed E-state index contributed by atoms with van der Waals surface area (Å²) in [6.45, 7) is 1.66. The fourth-order valence-corrected chi connectivity index (χ4v) is 3.74. The van der Waals surface area contributed by atoms with Gasteiger partial charge in [0.05, 0.1) is 15.9 Å². The Morgan fingerprint density at radius 2 is 2.00 bits per heavy atom. The summed E-state index contributed by atoms with van der Waals surface area (Å²) in [6, 6.07) is 11.3. The van der Waals surface area contributed by atoms with Crippen LogP contribution in [-0.4, -0.2) is 27.9 Å². The molecule has 138 valence electrons. The average molecular weight is 385 g/mol. The first-order valence-electron chi connectivity index (χ1n) is 8.01. The minimum atomic E-state index is -0.867. The topological polar surface area (TPSA) is 118 Å². The van der Waals surface area contributed by atoms with Crippen LogP contribution >= 0.6 is 11.8 Å². The van der Waals surface area contributed by atoms with Crippen LogP contribution in [0.3, 0.4) is 0 Å². The Morgan fingerprint density at radius 1 is 1.26 bits per heavy atom. The smallest absolute Gasteiger partial charge is 0.282 e. The van der Waals surface area contributed by atoms with Gasteiger partial charge in [0.2, 0.25) is 11.8 Å². The van der Waals surface area contributed by atoms with Crippen LogP contribution in [0.4, 0.5) is 11.4 Å². The molecule has 2 N–H and O–H groups in total. The predicted molar refractivity (Wildman–Crippen MR) is 99.6 cm³/mol. The van der Waals surface area contributed by atoms with Crippen molar-refractivity contribution in [2.24, 2.45) is 0 Å². The van der Waals surface area contributed by atoms with Crippen molar-refractivity contribution in [3.05, 3.63) is 63.7 Å². The van der Waals surface area contributed by atoms with Crippen molar-refractivity contribution in [2.75, 3.05) is 5.32 Å². The van der Waals surface area contributed by atoms with E-state index in [0.29, 0.717) is 11.3 Å². The third-order valence-corrected chi connectivity index (χ3v) is 5.20. The van der Waals surface area contributed by atoms with Crippen molar-refractivity contribution in [3.8, 4) is 0 Å². The molecule has 0 aliphatic carbocycles. The fourth-order valence-electron chi connectivity index (χ4n) is 2.63. The lowest BCUT2D eigenvalue weighted by Crippen LogP contribution is -2.37. The minimum Gasteiger partial charge on any atom is -0.324 e.